The molecule has 5 rings (SSSR count). The smallest absolute Gasteiger partial charge is 0.323 e. The predicted molar refractivity (Wildman–Crippen MR) is 165 cm³/mol. The van der Waals surface area contributed by atoms with Gasteiger partial charge in [0.05, 0.1) is 24.2 Å². The number of methoxy groups -OCH3 is 1. The van der Waals surface area contributed by atoms with Crippen LogP contribution in [0.4, 0.5) is 17.1 Å². The average molecular weight is 578 g/mol. The van der Waals surface area contributed by atoms with Gasteiger partial charge in [0.25, 0.3) is 11.8 Å². The Morgan fingerprint density at radius 1 is 0.884 bits per heavy atom. The Kier molecular flexibility index (Phi) is 8.25. The fourth-order valence-corrected chi connectivity index (χ4v) is 5.34. The van der Waals surface area contributed by atoms with Gasteiger partial charge in [-0.15, -0.1) is 0 Å². The number of para-hydroxylation sites is 2. The summed E-state index contributed by atoms with van der Waals surface area (Å²) in [6.07, 6.45) is -0.0428. The van der Waals surface area contributed by atoms with Crippen LogP contribution >= 0.6 is 0 Å². The van der Waals surface area contributed by atoms with Gasteiger partial charge in [0.2, 0.25) is 5.91 Å². The minimum Gasteiger partial charge on any atom is -0.495 e. The molecular formula is C34H31N3O6. The number of hydrogen-bond acceptors (Lipinski definition) is 5. The van der Waals surface area contributed by atoms with Crippen LogP contribution in [0, 0.1) is 13.8 Å². The van der Waals surface area contributed by atoms with E-state index < -0.39 is 18.4 Å². The number of benzene rings is 4. The Balaban J connectivity index is 1.43. The highest BCUT2D eigenvalue weighted by molar-refractivity contribution is 6.13. The normalized spacial score (nSPS) is 12.8. The molecule has 1 heterocycles. The van der Waals surface area contributed by atoms with Gasteiger partial charge in [-0.25, -0.2) is 0 Å². The molecule has 1 aliphatic rings. The summed E-state index contributed by atoms with van der Waals surface area (Å²) in [5.74, 6) is -1.97. The Hall–Kier alpha value is -5.44. The molecule has 0 atom stereocenters. The van der Waals surface area contributed by atoms with Crippen LogP contribution in [0.3, 0.4) is 0 Å². The van der Waals surface area contributed by atoms with Crippen molar-refractivity contribution in [3.8, 4) is 16.9 Å². The van der Waals surface area contributed by atoms with Gasteiger partial charge in [0, 0.05) is 24.1 Å². The monoisotopic (exact) mass is 577 g/mol. The zero-order chi connectivity index (χ0) is 30.7. The Labute approximate surface area is 249 Å². The number of carboxylic acid groups (broad SMARTS) is 1. The van der Waals surface area contributed by atoms with Gasteiger partial charge in [-0.3, -0.25) is 24.1 Å². The lowest BCUT2D eigenvalue weighted by Crippen LogP contribution is -2.35. The average Bonchev–Trinajstić information content (AvgIpc) is 3.13. The first-order chi connectivity index (χ1) is 20.7. The van der Waals surface area contributed by atoms with Crippen molar-refractivity contribution >= 4 is 40.8 Å². The molecule has 0 fully saturated rings. The van der Waals surface area contributed by atoms with Gasteiger partial charge in [-0.05, 0) is 66.9 Å². The van der Waals surface area contributed by atoms with E-state index in [1.807, 2.05) is 44.2 Å². The largest absolute Gasteiger partial charge is 0.495 e. The summed E-state index contributed by atoms with van der Waals surface area (Å²) in [6, 6.07) is 24.9. The van der Waals surface area contributed by atoms with E-state index in [9.17, 15) is 24.3 Å². The lowest BCUT2D eigenvalue weighted by Gasteiger charge is -2.25. The number of aryl methyl sites for hydroxylation is 2. The molecule has 9 heteroatoms. The molecule has 1 aliphatic heterocycles. The predicted octanol–water partition coefficient (Wildman–Crippen LogP) is 5.70. The topological polar surface area (TPSA) is 116 Å². The van der Waals surface area contributed by atoms with Crippen LogP contribution in [-0.2, 0) is 9.59 Å². The van der Waals surface area contributed by atoms with Crippen molar-refractivity contribution in [1.29, 1.82) is 0 Å². The summed E-state index contributed by atoms with van der Waals surface area (Å²) in [5.41, 5.74) is 5.89. The second-order valence-electron chi connectivity index (χ2n) is 10.3. The molecule has 3 amide bonds. The van der Waals surface area contributed by atoms with Crippen LogP contribution in [0.1, 0.15) is 38.3 Å². The molecule has 9 nitrogen and oxygen atoms in total. The summed E-state index contributed by atoms with van der Waals surface area (Å²) in [5, 5.41) is 12.3. The molecule has 43 heavy (non-hydrogen) atoms. The number of fused-ring (bicyclic) bond motifs is 1. The Bertz CT molecular complexity index is 1750. The van der Waals surface area contributed by atoms with Crippen molar-refractivity contribution in [3.63, 3.8) is 0 Å². The fraction of sp³-hybridized carbons (Fsp3) is 0.176. The van der Waals surface area contributed by atoms with E-state index in [-0.39, 0.29) is 36.1 Å². The van der Waals surface area contributed by atoms with Gasteiger partial charge in [-0.2, -0.15) is 0 Å². The van der Waals surface area contributed by atoms with Gasteiger partial charge >= 0.3 is 5.97 Å². The van der Waals surface area contributed by atoms with Crippen LogP contribution in [-0.4, -0.2) is 49.0 Å². The van der Waals surface area contributed by atoms with Crippen LogP contribution in [0.15, 0.2) is 84.9 Å². The zero-order valence-electron chi connectivity index (χ0n) is 24.1. The summed E-state index contributed by atoms with van der Waals surface area (Å²) in [7, 11) is 1.45. The SMILES string of the molecule is COc1cc(C(=O)N2CCC(=O)N(CC(=O)O)c3ccccc32)ccc1NC(=O)c1ccccc1-c1ccc(C)cc1C. The molecule has 0 unspecified atom stereocenters. The number of anilines is 3. The first-order valence-corrected chi connectivity index (χ1v) is 13.8. The molecule has 0 aliphatic carbocycles. The maximum absolute atomic E-state index is 13.8. The zero-order valence-corrected chi connectivity index (χ0v) is 24.1. The van der Waals surface area contributed by atoms with Crippen molar-refractivity contribution in [2.24, 2.45) is 0 Å². The van der Waals surface area contributed by atoms with Crippen molar-refractivity contribution in [1.82, 2.24) is 0 Å². The van der Waals surface area contributed by atoms with Crippen molar-refractivity contribution < 1.29 is 29.0 Å². The third-order valence-corrected chi connectivity index (χ3v) is 7.39. The molecule has 0 spiro atoms. The molecule has 4 aromatic rings. The highest BCUT2D eigenvalue weighted by Gasteiger charge is 2.31. The molecule has 0 aromatic heterocycles. The van der Waals surface area contributed by atoms with Gasteiger partial charge in [-0.1, -0.05) is 54.1 Å². The number of carbonyl (C=O) groups is 4. The van der Waals surface area contributed by atoms with Gasteiger partial charge < -0.3 is 20.1 Å². The summed E-state index contributed by atoms with van der Waals surface area (Å²) >= 11 is 0. The highest BCUT2D eigenvalue weighted by Crippen LogP contribution is 2.35. The number of carboxylic acids is 1. The Morgan fingerprint density at radius 2 is 1.60 bits per heavy atom. The minimum absolute atomic E-state index is 0.0428. The van der Waals surface area contributed by atoms with Crippen molar-refractivity contribution in [3.05, 3.63) is 107 Å². The number of aliphatic carboxylic acids is 1. The maximum Gasteiger partial charge on any atom is 0.323 e. The van der Waals surface area contributed by atoms with E-state index in [1.165, 1.54) is 23.0 Å². The number of amides is 3. The summed E-state index contributed by atoms with van der Waals surface area (Å²) < 4.78 is 5.57. The summed E-state index contributed by atoms with van der Waals surface area (Å²) in [6.45, 7) is 3.60. The van der Waals surface area contributed by atoms with E-state index in [2.05, 4.69) is 11.4 Å². The lowest BCUT2D eigenvalue weighted by atomic mass is 9.94. The minimum atomic E-state index is -1.15. The number of ether oxygens (including phenoxy) is 1. The quantitative estimate of drug-likeness (QED) is 0.291. The molecular weight excluding hydrogens is 546 g/mol. The molecule has 0 bridgehead atoms. The number of rotatable bonds is 7. The first-order valence-electron chi connectivity index (χ1n) is 13.8. The van der Waals surface area contributed by atoms with E-state index in [0.29, 0.717) is 22.6 Å². The molecule has 218 valence electrons. The molecule has 0 saturated carbocycles. The molecule has 0 radical (unpaired) electrons. The van der Waals surface area contributed by atoms with Crippen LogP contribution < -0.4 is 19.9 Å². The fourth-order valence-electron chi connectivity index (χ4n) is 5.34. The van der Waals surface area contributed by atoms with E-state index >= 15 is 0 Å². The van der Waals surface area contributed by atoms with E-state index in [0.717, 1.165) is 22.3 Å². The van der Waals surface area contributed by atoms with Gasteiger partial charge in [0.1, 0.15) is 12.3 Å². The van der Waals surface area contributed by atoms with Crippen LogP contribution in [0.5, 0.6) is 5.75 Å². The standard InChI is InChI=1S/C34H31N3O6/c1-21-12-14-24(22(2)18-21)25-8-4-5-9-26(25)33(41)35-27-15-13-23(19-30(27)43-3)34(42)36-17-16-31(38)37(20-32(39)40)29-11-7-6-10-28(29)36/h4-15,18-19H,16-17,20H2,1-3H3,(H,35,41)(H,39,40). The van der Waals surface area contributed by atoms with Gasteiger partial charge in [0.15, 0.2) is 0 Å². The number of hydrogen-bond donors (Lipinski definition) is 2. The molecule has 4 aromatic carbocycles. The highest BCUT2D eigenvalue weighted by atomic mass is 16.5. The second kappa shape index (κ2) is 12.2. The molecule has 0 saturated heterocycles. The Morgan fingerprint density at radius 3 is 2.33 bits per heavy atom. The number of nitrogens with zero attached hydrogens (tertiary/aromatic N) is 2. The van der Waals surface area contributed by atoms with Crippen molar-refractivity contribution in [2.75, 3.05) is 35.3 Å². The molecule has 2 N–H and O–H groups in total. The third-order valence-electron chi connectivity index (χ3n) is 7.39. The number of nitrogens with one attached hydrogen (secondary N) is 1. The number of carbonyl (C=O) groups excluding carboxylic acids is 3. The van der Waals surface area contributed by atoms with E-state index in [1.54, 1.807) is 42.5 Å². The third kappa shape index (κ3) is 5.97. The maximum atomic E-state index is 13.8. The second-order valence-corrected chi connectivity index (χ2v) is 10.3. The van der Waals surface area contributed by atoms with Crippen LogP contribution in [0.2, 0.25) is 0 Å². The van der Waals surface area contributed by atoms with E-state index in [4.69, 9.17) is 4.74 Å². The lowest BCUT2D eigenvalue weighted by molar-refractivity contribution is -0.136. The summed E-state index contributed by atoms with van der Waals surface area (Å²) in [4.78, 5) is 54.2. The first kappa shape index (κ1) is 29.1. The van der Waals surface area contributed by atoms with Crippen LogP contribution in [0.25, 0.3) is 11.1 Å². The van der Waals surface area contributed by atoms with Crippen molar-refractivity contribution in [2.45, 2.75) is 20.3 Å².